The molecule has 0 spiro atoms. The number of hydrogen-bond acceptors (Lipinski definition) is 5. The maximum absolute atomic E-state index is 12.6. The second kappa shape index (κ2) is 8.98. The number of nitrogens with zero attached hydrogens (tertiary/aromatic N) is 2. The van der Waals surface area contributed by atoms with E-state index in [0.29, 0.717) is 10.7 Å². The summed E-state index contributed by atoms with van der Waals surface area (Å²) < 4.78 is 0. The Balaban J connectivity index is 1.38. The smallest absolute Gasteiger partial charge is 0.270 e. The van der Waals surface area contributed by atoms with Gasteiger partial charge in [-0.2, -0.15) is 0 Å². The second-order valence-corrected chi connectivity index (χ2v) is 9.54. The van der Waals surface area contributed by atoms with Crippen LogP contribution in [0, 0.1) is 0 Å². The van der Waals surface area contributed by atoms with Gasteiger partial charge >= 0.3 is 0 Å². The lowest BCUT2D eigenvalue weighted by atomic mass is 9.92. The number of thiophene rings is 1. The Labute approximate surface area is 195 Å². The van der Waals surface area contributed by atoms with Crippen molar-refractivity contribution in [3.05, 3.63) is 71.0 Å². The molecule has 0 bridgehead atoms. The number of amides is 1. The molecule has 3 heterocycles. The Hall–Kier alpha value is -2.80. The lowest BCUT2D eigenvalue weighted by Crippen LogP contribution is -2.40. The highest BCUT2D eigenvalue weighted by molar-refractivity contribution is 7.13. The van der Waals surface area contributed by atoms with Crippen LogP contribution < -0.4 is 11.1 Å². The fourth-order valence-electron chi connectivity index (χ4n) is 4.17. The molecule has 3 aromatic heterocycles. The molecular formula is C25H23ClN4OS. The van der Waals surface area contributed by atoms with Gasteiger partial charge in [0, 0.05) is 45.9 Å². The van der Waals surface area contributed by atoms with E-state index >= 15 is 0 Å². The van der Waals surface area contributed by atoms with Crippen LogP contribution in [0.2, 0.25) is 5.02 Å². The molecule has 0 aliphatic heterocycles. The highest BCUT2D eigenvalue weighted by Gasteiger charge is 2.21. The maximum atomic E-state index is 12.6. The van der Waals surface area contributed by atoms with E-state index in [9.17, 15) is 4.79 Å². The van der Waals surface area contributed by atoms with Crippen molar-refractivity contribution in [1.29, 1.82) is 0 Å². The highest BCUT2D eigenvalue weighted by Crippen LogP contribution is 2.36. The predicted molar refractivity (Wildman–Crippen MR) is 131 cm³/mol. The van der Waals surface area contributed by atoms with Crippen molar-refractivity contribution < 1.29 is 4.79 Å². The van der Waals surface area contributed by atoms with Crippen molar-refractivity contribution in [3.63, 3.8) is 0 Å². The summed E-state index contributed by atoms with van der Waals surface area (Å²) in [5.74, 6) is -0.136. The minimum Gasteiger partial charge on any atom is -0.348 e. The zero-order valence-corrected chi connectivity index (χ0v) is 19.0. The molecular weight excluding hydrogens is 440 g/mol. The van der Waals surface area contributed by atoms with Gasteiger partial charge in [-0.3, -0.25) is 14.8 Å². The van der Waals surface area contributed by atoms with Crippen LogP contribution in [0.4, 0.5) is 0 Å². The number of pyridine rings is 2. The molecule has 1 aliphatic rings. The first kappa shape index (κ1) is 21.1. The average molecular weight is 463 g/mol. The fourth-order valence-corrected chi connectivity index (χ4v) is 5.27. The monoisotopic (exact) mass is 462 g/mol. The summed E-state index contributed by atoms with van der Waals surface area (Å²) in [6.45, 7) is 0. The normalized spacial score (nSPS) is 18.6. The van der Waals surface area contributed by atoms with Crippen LogP contribution in [0.5, 0.6) is 0 Å². The van der Waals surface area contributed by atoms with Crippen LogP contribution in [0.15, 0.2) is 60.2 Å². The van der Waals surface area contributed by atoms with Gasteiger partial charge in [-0.15, -0.1) is 11.3 Å². The van der Waals surface area contributed by atoms with E-state index in [4.69, 9.17) is 17.3 Å². The Morgan fingerprint density at radius 1 is 1.03 bits per heavy atom. The summed E-state index contributed by atoms with van der Waals surface area (Å²) in [6, 6.07) is 14.2. The molecule has 32 heavy (non-hydrogen) atoms. The topological polar surface area (TPSA) is 80.9 Å². The number of aromatic nitrogens is 2. The number of benzene rings is 1. The molecule has 0 radical (unpaired) electrons. The highest BCUT2D eigenvalue weighted by atomic mass is 35.5. The Morgan fingerprint density at radius 2 is 1.84 bits per heavy atom. The quantitative estimate of drug-likeness (QED) is 0.409. The molecule has 0 saturated heterocycles. The molecule has 0 unspecified atom stereocenters. The van der Waals surface area contributed by atoms with Crippen molar-refractivity contribution in [1.82, 2.24) is 15.3 Å². The molecule has 1 fully saturated rings. The first-order chi connectivity index (χ1) is 15.6. The van der Waals surface area contributed by atoms with Gasteiger partial charge in [-0.25, -0.2) is 0 Å². The van der Waals surface area contributed by atoms with Crippen LogP contribution >= 0.6 is 22.9 Å². The van der Waals surface area contributed by atoms with Gasteiger partial charge in [0.2, 0.25) is 0 Å². The largest absolute Gasteiger partial charge is 0.348 e. The summed E-state index contributed by atoms with van der Waals surface area (Å²) in [6.07, 6.45) is 7.30. The zero-order chi connectivity index (χ0) is 22.1. The lowest BCUT2D eigenvalue weighted by Gasteiger charge is -2.26. The Bertz CT molecular complexity index is 1250. The Kier molecular flexibility index (Phi) is 5.91. The van der Waals surface area contributed by atoms with E-state index in [1.54, 1.807) is 23.6 Å². The van der Waals surface area contributed by atoms with Gasteiger partial charge < -0.3 is 11.1 Å². The number of nitrogens with two attached hydrogens (primary N) is 1. The molecule has 3 N–H and O–H groups in total. The molecule has 1 aromatic carbocycles. The van der Waals surface area contributed by atoms with Crippen molar-refractivity contribution in [3.8, 4) is 21.6 Å². The van der Waals surface area contributed by atoms with Gasteiger partial charge in [-0.1, -0.05) is 29.8 Å². The minimum atomic E-state index is -0.136. The third kappa shape index (κ3) is 4.26. The number of hydrogen-bond donors (Lipinski definition) is 2. The van der Waals surface area contributed by atoms with E-state index in [2.05, 4.69) is 15.3 Å². The average Bonchev–Trinajstić information content (AvgIpc) is 3.35. The fraction of sp³-hybridized carbons (Fsp3) is 0.240. The minimum absolute atomic E-state index is 0.136. The van der Waals surface area contributed by atoms with Gasteiger partial charge in [0.1, 0.15) is 5.69 Å². The van der Waals surface area contributed by atoms with E-state index in [1.807, 2.05) is 48.0 Å². The standard InChI is InChI=1S/C25H23ClN4OS/c26-24-19-12-15(3-9-21(19)29-14-20(24)23-2-1-11-32-23)16-4-10-22(28-13-16)25(31)30-18-7-5-17(27)6-8-18/h1-4,9-14,17-18H,5-8,27H2,(H,30,31)/t17-,18-. The summed E-state index contributed by atoms with van der Waals surface area (Å²) in [5.41, 5.74) is 10.0. The van der Waals surface area contributed by atoms with Crippen molar-refractivity contribution in [2.24, 2.45) is 5.73 Å². The van der Waals surface area contributed by atoms with E-state index in [0.717, 1.165) is 58.2 Å². The molecule has 1 saturated carbocycles. The van der Waals surface area contributed by atoms with Crippen molar-refractivity contribution in [2.45, 2.75) is 37.8 Å². The molecule has 7 heteroatoms. The molecule has 1 aliphatic carbocycles. The second-order valence-electron chi connectivity index (χ2n) is 8.21. The number of carbonyl (C=O) groups is 1. The van der Waals surface area contributed by atoms with Crippen LogP contribution in [0.25, 0.3) is 32.5 Å². The molecule has 4 aromatic rings. The third-order valence-corrected chi connectivity index (χ3v) is 7.34. The van der Waals surface area contributed by atoms with Crippen LogP contribution in [0.3, 0.4) is 0 Å². The lowest BCUT2D eigenvalue weighted by molar-refractivity contribution is 0.0921. The van der Waals surface area contributed by atoms with Crippen LogP contribution in [-0.2, 0) is 0 Å². The summed E-state index contributed by atoms with van der Waals surface area (Å²) >= 11 is 8.39. The van der Waals surface area contributed by atoms with E-state index < -0.39 is 0 Å². The van der Waals surface area contributed by atoms with Crippen LogP contribution in [0.1, 0.15) is 36.2 Å². The van der Waals surface area contributed by atoms with E-state index in [1.165, 1.54) is 0 Å². The van der Waals surface area contributed by atoms with Gasteiger partial charge in [0.15, 0.2) is 0 Å². The molecule has 0 atom stereocenters. The van der Waals surface area contributed by atoms with Gasteiger partial charge in [0.25, 0.3) is 5.91 Å². The van der Waals surface area contributed by atoms with Crippen molar-refractivity contribution in [2.75, 3.05) is 0 Å². The van der Waals surface area contributed by atoms with Gasteiger partial charge in [0.05, 0.1) is 10.5 Å². The van der Waals surface area contributed by atoms with Gasteiger partial charge in [-0.05, 0) is 60.9 Å². The van der Waals surface area contributed by atoms with Crippen molar-refractivity contribution >= 4 is 39.7 Å². The summed E-state index contributed by atoms with van der Waals surface area (Å²) in [4.78, 5) is 22.7. The molecule has 162 valence electrons. The SMILES string of the molecule is N[C@H]1CC[C@H](NC(=O)c2ccc(-c3ccc4ncc(-c5cccs5)c(Cl)c4c3)cn2)CC1. The summed E-state index contributed by atoms with van der Waals surface area (Å²) in [5, 5.41) is 6.70. The number of carbonyl (C=O) groups excluding carboxylic acids is 1. The number of rotatable bonds is 4. The molecule has 5 rings (SSSR count). The van der Waals surface area contributed by atoms with Crippen LogP contribution in [-0.4, -0.2) is 28.0 Å². The Morgan fingerprint density at radius 3 is 2.56 bits per heavy atom. The van der Waals surface area contributed by atoms with E-state index in [-0.39, 0.29) is 18.0 Å². The third-order valence-electron chi connectivity index (χ3n) is 6.03. The predicted octanol–water partition coefficient (Wildman–Crippen LogP) is 5.68. The first-order valence-corrected chi connectivity index (χ1v) is 12.0. The number of fused-ring (bicyclic) bond motifs is 1. The zero-order valence-electron chi connectivity index (χ0n) is 17.4. The number of halogens is 1. The molecule has 1 amide bonds. The summed E-state index contributed by atoms with van der Waals surface area (Å²) in [7, 11) is 0. The molecule has 5 nitrogen and oxygen atoms in total. The number of nitrogens with one attached hydrogen (secondary N) is 1. The first-order valence-electron chi connectivity index (χ1n) is 10.7. The maximum Gasteiger partial charge on any atom is 0.270 e.